The summed E-state index contributed by atoms with van der Waals surface area (Å²) in [7, 11) is 3.04. The van der Waals surface area contributed by atoms with Crippen molar-refractivity contribution < 1.29 is 24.1 Å². The second-order valence-electron chi connectivity index (χ2n) is 8.54. The fourth-order valence-corrected chi connectivity index (χ4v) is 4.13. The van der Waals surface area contributed by atoms with E-state index in [2.05, 4.69) is 0 Å². The summed E-state index contributed by atoms with van der Waals surface area (Å²) in [6, 6.07) is 31.8. The average molecular weight is 483 g/mol. The number of ketones is 1. The van der Waals surface area contributed by atoms with Crippen LogP contribution in [0.1, 0.15) is 44.8 Å². The van der Waals surface area contributed by atoms with Gasteiger partial charge in [-0.25, -0.2) is 0 Å². The molecule has 0 aromatic heterocycles. The Labute approximate surface area is 211 Å². The third-order valence-corrected chi connectivity index (χ3v) is 6.12. The lowest BCUT2D eigenvalue weighted by molar-refractivity contribution is -0.0489. The molecule has 0 amide bonds. The summed E-state index contributed by atoms with van der Waals surface area (Å²) in [5, 5.41) is 11.5. The second-order valence-corrected chi connectivity index (χ2v) is 8.54. The van der Waals surface area contributed by atoms with E-state index in [9.17, 15) is 9.90 Å². The minimum atomic E-state index is -1.22. The van der Waals surface area contributed by atoms with E-state index in [0.717, 1.165) is 16.7 Å². The third-order valence-electron chi connectivity index (χ3n) is 6.12. The number of Topliss-reactive ketones (excluding diaryl/α,β-unsaturated/α-hetero) is 1. The van der Waals surface area contributed by atoms with Crippen molar-refractivity contribution in [2.75, 3.05) is 14.2 Å². The molecule has 4 rings (SSSR count). The molecule has 2 atom stereocenters. The molecule has 0 heterocycles. The first-order valence-corrected chi connectivity index (χ1v) is 11.8. The number of hydrogen-bond donors (Lipinski definition) is 1. The van der Waals surface area contributed by atoms with Crippen LogP contribution < -0.4 is 9.47 Å². The molecule has 36 heavy (non-hydrogen) atoms. The minimum absolute atomic E-state index is 0.271. The van der Waals surface area contributed by atoms with Gasteiger partial charge in [-0.05, 0) is 41.8 Å². The van der Waals surface area contributed by atoms with Gasteiger partial charge in [-0.1, -0.05) is 90.5 Å². The predicted molar refractivity (Wildman–Crippen MR) is 140 cm³/mol. The standard InChI is InChI=1S/C31H30O5/c1-21-14-16-22(17-15-21)28(32)31(29(33)26-20-25(34-2)18-19-27(26)35-3)36-30(23-10-6-4-7-11-23)24-12-8-5-9-13-24/h4-20,28,30-32H,1-3H3/t28-,31+/m1/s1. The molecule has 4 aromatic rings. The zero-order valence-electron chi connectivity index (χ0n) is 20.6. The minimum Gasteiger partial charge on any atom is -0.497 e. The van der Waals surface area contributed by atoms with Crippen molar-refractivity contribution in [2.45, 2.75) is 25.2 Å². The molecule has 0 bridgehead atoms. The largest absolute Gasteiger partial charge is 0.497 e. The van der Waals surface area contributed by atoms with Gasteiger partial charge >= 0.3 is 0 Å². The Kier molecular flexibility index (Phi) is 8.16. The van der Waals surface area contributed by atoms with Crippen LogP contribution in [-0.4, -0.2) is 31.2 Å². The Morgan fingerprint density at radius 3 is 1.83 bits per heavy atom. The number of rotatable bonds is 10. The Balaban J connectivity index is 1.81. The van der Waals surface area contributed by atoms with Crippen LogP contribution in [0.4, 0.5) is 0 Å². The third kappa shape index (κ3) is 5.65. The highest BCUT2D eigenvalue weighted by atomic mass is 16.5. The predicted octanol–water partition coefficient (Wildman–Crippen LogP) is 6.10. The van der Waals surface area contributed by atoms with Gasteiger partial charge in [0, 0.05) is 0 Å². The molecule has 184 valence electrons. The number of aliphatic hydroxyl groups excluding tert-OH is 1. The van der Waals surface area contributed by atoms with Crippen LogP contribution in [-0.2, 0) is 4.74 Å². The van der Waals surface area contributed by atoms with Gasteiger partial charge in [-0.2, -0.15) is 0 Å². The Hall–Kier alpha value is -3.93. The Morgan fingerprint density at radius 2 is 1.31 bits per heavy atom. The highest BCUT2D eigenvalue weighted by Gasteiger charge is 2.35. The summed E-state index contributed by atoms with van der Waals surface area (Å²) < 4.78 is 17.4. The molecule has 0 unspecified atom stereocenters. The van der Waals surface area contributed by atoms with Crippen LogP contribution in [0.5, 0.6) is 11.5 Å². The summed E-state index contributed by atoms with van der Waals surface area (Å²) in [6.45, 7) is 1.97. The molecule has 0 aliphatic carbocycles. The number of aryl methyl sites for hydroxylation is 1. The lowest BCUT2D eigenvalue weighted by Crippen LogP contribution is -2.33. The fourth-order valence-electron chi connectivity index (χ4n) is 4.13. The molecule has 0 aliphatic rings. The van der Waals surface area contributed by atoms with Crippen LogP contribution in [0.15, 0.2) is 103 Å². The van der Waals surface area contributed by atoms with Gasteiger partial charge in [0.2, 0.25) is 0 Å². The molecular weight excluding hydrogens is 452 g/mol. The zero-order chi connectivity index (χ0) is 25.5. The number of carbonyl (C=O) groups excluding carboxylic acids is 1. The van der Waals surface area contributed by atoms with Crippen LogP contribution in [0.3, 0.4) is 0 Å². The number of aliphatic hydroxyl groups is 1. The van der Waals surface area contributed by atoms with E-state index in [-0.39, 0.29) is 5.56 Å². The van der Waals surface area contributed by atoms with E-state index in [0.29, 0.717) is 17.1 Å². The van der Waals surface area contributed by atoms with E-state index in [4.69, 9.17) is 14.2 Å². The Bertz CT molecular complexity index is 1230. The van der Waals surface area contributed by atoms with Crippen molar-refractivity contribution in [3.63, 3.8) is 0 Å². The molecule has 4 aromatic carbocycles. The van der Waals surface area contributed by atoms with Crippen LogP contribution in [0.2, 0.25) is 0 Å². The number of benzene rings is 4. The van der Waals surface area contributed by atoms with Crippen LogP contribution in [0.25, 0.3) is 0 Å². The molecule has 0 saturated carbocycles. The van der Waals surface area contributed by atoms with Gasteiger partial charge in [0.1, 0.15) is 23.7 Å². The van der Waals surface area contributed by atoms with Crippen LogP contribution in [0, 0.1) is 6.92 Å². The summed E-state index contributed by atoms with van der Waals surface area (Å²) in [5.41, 5.74) is 3.65. The van der Waals surface area contributed by atoms with Gasteiger partial charge in [0.25, 0.3) is 0 Å². The summed E-state index contributed by atoms with van der Waals surface area (Å²) in [5.74, 6) is 0.475. The molecular formula is C31H30O5. The molecule has 5 nitrogen and oxygen atoms in total. The molecule has 0 aliphatic heterocycles. The van der Waals surface area contributed by atoms with Crippen molar-refractivity contribution in [1.82, 2.24) is 0 Å². The molecule has 1 N–H and O–H groups in total. The van der Waals surface area contributed by atoms with E-state index in [1.807, 2.05) is 91.9 Å². The lowest BCUT2D eigenvalue weighted by Gasteiger charge is -2.29. The molecule has 0 spiro atoms. The van der Waals surface area contributed by atoms with Gasteiger partial charge in [0.05, 0.1) is 19.8 Å². The summed E-state index contributed by atoms with van der Waals surface area (Å²) in [4.78, 5) is 14.1. The van der Waals surface area contributed by atoms with Crippen molar-refractivity contribution in [3.05, 3.63) is 131 Å². The smallest absolute Gasteiger partial charge is 0.198 e. The van der Waals surface area contributed by atoms with Gasteiger partial charge < -0.3 is 19.3 Å². The maximum Gasteiger partial charge on any atom is 0.198 e. The molecule has 5 heteroatoms. The average Bonchev–Trinajstić information content (AvgIpc) is 2.94. The second kappa shape index (κ2) is 11.7. The molecule has 0 saturated heterocycles. The van der Waals surface area contributed by atoms with E-state index in [1.165, 1.54) is 14.2 Å². The first kappa shape index (κ1) is 25.2. The fraction of sp³-hybridized carbons (Fsp3) is 0.194. The van der Waals surface area contributed by atoms with E-state index < -0.39 is 24.1 Å². The first-order chi connectivity index (χ1) is 17.5. The number of carbonyl (C=O) groups is 1. The van der Waals surface area contributed by atoms with Gasteiger partial charge in [-0.15, -0.1) is 0 Å². The zero-order valence-corrected chi connectivity index (χ0v) is 20.6. The Morgan fingerprint density at radius 1 is 0.722 bits per heavy atom. The summed E-state index contributed by atoms with van der Waals surface area (Å²) >= 11 is 0. The first-order valence-electron chi connectivity index (χ1n) is 11.8. The van der Waals surface area contributed by atoms with Crippen molar-refractivity contribution >= 4 is 5.78 Å². The maximum atomic E-state index is 14.1. The number of ether oxygens (including phenoxy) is 3. The SMILES string of the molecule is COc1ccc(OC)c(C(=O)[C@@H](OC(c2ccccc2)c2ccccc2)[C@H](O)c2ccc(C)cc2)c1. The highest BCUT2D eigenvalue weighted by Crippen LogP contribution is 2.35. The monoisotopic (exact) mass is 482 g/mol. The highest BCUT2D eigenvalue weighted by molar-refractivity contribution is 6.02. The van der Waals surface area contributed by atoms with Gasteiger partial charge in [0.15, 0.2) is 11.9 Å². The van der Waals surface area contributed by atoms with Crippen molar-refractivity contribution in [2.24, 2.45) is 0 Å². The maximum absolute atomic E-state index is 14.1. The molecule has 0 radical (unpaired) electrons. The normalized spacial score (nSPS) is 12.7. The number of methoxy groups -OCH3 is 2. The van der Waals surface area contributed by atoms with Gasteiger partial charge in [-0.3, -0.25) is 4.79 Å². The lowest BCUT2D eigenvalue weighted by atomic mass is 9.94. The van der Waals surface area contributed by atoms with Crippen molar-refractivity contribution in [1.29, 1.82) is 0 Å². The quantitative estimate of drug-likeness (QED) is 0.277. The van der Waals surface area contributed by atoms with E-state index >= 15 is 0 Å². The number of hydrogen-bond acceptors (Lipinski definition) is 5. The van der Waals surface area contributed by atoms with Crippen LogP contribution >= 0.6 is 0 Å². The summed E-state index contributed by atoms with van der Waals surface area (Å²) in [6.07, 6.45) is -3.03. The van der Waals surface area contributed by atoms with E-state index in [1.54, 1.807) is 18.2 Å². The van der Waals surface area contributed by atoms with Crippen molar-refractivity contribution in [3.8, 4) is 11.5 Å². The topological polar surface area (TPSA) is 65.0 Å². The molecule has 0 fully saturated rings.